The first-order chi connectivity index (χ1) is 9.46. The normalized spacial score (nSPS) is 15.2. The lowest BCUT2D eigenvalue weighted by atomic mass is 10.0. The molecule has 0 aliphatic carbocycles. The van der Waals surface area contributed by atoms with Gasteiger partial charge in [0.1, 0.15) is 0 Å². The van der Waals surface area contributed by atoms with E-state index in [4.69, 9.17) is 9.79 Å². The Kier molecular flexibility index (Phi) is 6.74. The van der Waals surface area contributed by atoms with Gasteiger partial charge in [0, 0.05) is 12.2 Å². The first-order valence-electron chi connectivity index (χ1n) is 5.28. The maximum absolute atomic E-state index is 13.0. The van der Waals surface area contributed by atoms with Gasteiger partial charge in [-0.25, -0.2) is 0 Å². The van der Waals surface area contributed by atoms with Crippen LogP contribution in [0, 0.1) is 0 Å². The Morgan fingerprint density at radius 1 is 0.818 bits per heavy atom. The molecule has 14 heteroatoms. The average Bonchev–Trinajstić information content (AvgIpc) is 2.24. The quantitative estimate of drug-likeness (QED) is 0.378. The van der Waals surface area contributed by atoms with Crippen molar-refractivity contribution in [2.45, 2.75) is 30.4 Å². The molecule has 0 aliphatic heterocycles. The van der Waals surface area contributed by atoms with Gasteiger partial charge in [0.2, 0.25) is 0 Å². The molecule has 134 valence electrons. The highest BCUT2D eigenvalue weighted by Gasteiger charge is 2.81. The standard InChI is InChI=1S/C8H10F9O3PS/c9-5(10,1-3-22-4-2-21(18,19)20)6(11,12)7(13,14)8(15,16)17/h1-4H2,(H2,18,19,20). The van der Waals surface area contributed by atoms with Gasteiger partial charge in [-0.2, -0.15) is 51.3 Å². The van der Waals surface area contributed by atoms with Gasteiger partial charge in [0.05, 0.1) is 6.16 Å². The van der Waals surface area contributed by atoms with Crippen LogP contribution in [0.3, 0.4) is 0 Å². The fourth-order valence-electron chi connectivity index (χ4n) is 1.05. The second kappa shape index (κ2) is 6.78. The Bertz CT molecular complexity index is 420. The van der Waals surface area contributed by atoms with Crippen LogP contribution in [-0.4, -0.2) is 51.4 Å². The summed E-state index contributed by atoms with van der Waals surface area (Å²) in [6.07, 6.45) is -9.65. The third kappa shape index (κ3) is 5.20. The van der Waals surface area contributed by atoms with Crippen molar-refractivity contribution in [3.8, 4) is 0 Å². The van der Waals surface area contributed by atoms with Gasteiger partial charge in [-0.1, -0.05) is 0 Å². The van der Waals surface area contributed by atoms with Gasteiger partial charge in [-0.15, -0.1) is 0 Å². The maximum atomic E-state index is 13.0. The summed E-state index contributed by atoms with van der Waals surface area (Å²) in [5.74, 6) is -20.7. The van der Waals surface area contributed by atoms with E-state index in [-0.39, 0.29) is 0 Å². The minimum absolute atomic E-state index is 0.310. The molecule has 22 heavy (non-hydrogen) atoms. The van der Waals surface area contributed by atoms with E-state index in [0.717, 1.165) is 0 Å². The molecule has 3 nitrogen and oxygen atoms in total. The van der Waals surface area contributed by atoms with Gasteiger partial charge >= 0.3 is 31.5 Å². The van der Waals surface area contributed by atoms with Crippen molar-refractivity contribution in [3.63, 3.8) is 0 Å². The van der Waals surface area contributed by atoms with Gasteiger partial charge in [-0.05, 0) is 5.75 Å². The molecule has 0 unspecified atom stereocenters. The molecule has 0 amide bonds. The Labute approximate surface area is 122 Å². The Morgan fingerprint density at radius 2 is 1.27 bits per heavy atom. The number of alkyl halides is 9. The molecule has 2 N–H and O–H groups in total. The summed E-state index contributed by atoms with van der Waals surface area (Å²) >= 11 is 0.310. The second-order valence-electron chi connectivity index (χ2n) is 4.10. The van der Waals surface area contributed by atoms with E-state index >= 15 is 0 Å². The van der Waals surface area contributed by atoms with Crippen LogP contribution in [0.4, 0.5) is 39.5 Å². The number of hydrogen-bond acceptors (Lipinski definition) is 2. The molecule has 0 aromatic carbocycles. The van der Waals surface area contributed by atoms with Crippen LogP contribution in [-0.2, 0) is 4.57 Å². The summed E-state index contributed by atoms with van der Waals surface area (Å²) in [5.41, 5.74) is 0. The summed E-state index contributed by atoms with van der Waals surface area (Å²) in [7, 11) is -4.45. The van der Waals surface area contributed by atoms with Crippen molar-refractivity contribution in [2.24, 2.45) is 0 Å². The summed E-state index contributed by atoms with van der Waals surface area (Å²) in [4.78, 5) is 16.8. The second-order valence-corrected chi connectivity index (χ2v) is 7.10. The lowest BCUT2D eigenvalue weighted by molar-refractivity contribution is -0.396. The predicted octanol–water partition coefficient (Wildman–Crippen LogP) is 3.76. The van der Waals surface area contributed by atoms with E-state index in [2.05, 4.69) is 0 Å². The summed E-state index contributed by atoms with van der Waals surface area (Å²) in [6, 6.07) is 0. The first-order valence-corrected chi connectivity index (χ1v) is 8.23. The van der Waals surface area contributed by atoms with Crippen LogP contribution >= 0.6 is 19.4 Å². The highest BCUT2D eigenvalue weighted by molar-refractivity contribution is 7.99. The zero-order valence-electron chi connectivity index (χ0n) is 10.4. The molecule has 0 fully saturated rings. The van der Waals surface area contributed by atoms with E-state index in [1.807, 2.05) is 0 Å². The summed E-state index contributed by atoms with van der Waals surface area (Å²) < 4.78 is 122. The maximum Gasteiger partial charge on any atom is 0.460 e. The number of thioether (sulfide) groups is 1. The molecular formula is C8H10F9O3PS. The molecule has 0 heterocycles. The minimum Gasteiger partial charge on any atom is -0.324 e. The molecule has 0 aromatic rings. The molecule has 0 bridgehead atoms. The molecule has 0 radical (unpaired) electrons. The van der Waals surface area contributed by atoms with Gasteiger partial charge in [0.15, 0.2) is 0 Å². The van der Waals surface area contributed by atoms with Crippen LogP contribution in [0.5, 0.6) is 0 Å². The van der Waals surface area contributed by atoms with Crippen LogP contribution in [0.2, 0.25) is 0 Å². The molecular weight excluding hydrogens is 378 g/mol. The molecule has 0 saturated carbocycles. The van der Waals surface area contributed by atoms with Crippen molar-refractivity contribution in [1.82, 2.24) is 0 Å². The van der Waals surface area contributed by atoms with E-state index in [0.29, 0.717) is 11.8 Å². The molecule has 0 aliphatic rings. The minimum atomic E-state index is -6.92. The Hall–Kier alpha value is -0.130. The highest BCUT2D eigenvalue weighted by Crippen LogP contribution is 2.54. The van der Waals surface area contributed by atoms with E-state index in [9.17, 15) is 44.1 Å². The molecule has 0 spiro atoms. The predicted molar refractivity (Wildman–Crippen MR) is 59.7 cm³/mol. The Balaban J connectivity index is 4.76. The van der Waals surface area contributed by atoms with Crippen molar-refractivity contribution in [2.75, 3.05) is 17.7 Å². The fraction of sp³-hybridized carbons (Fsp3) is 1.00. The largest absolute Gasteiger partial charge is 0.460 e. The van der Waals surface area contributed by atoms with Crippen LogP contribution in [0.25, 0.3) is 0 Å². The topological polar surface area (TPSA) is 57.5 Å². The lowest BCUT2D eigenvalue weighted by Gasteiger charge is -2.33. The molecule has 0 rings (SSSR count). The molecule has 0 atom stereocenters. The SMILES string of the molecule is O=P(O)(O)CCSCCC(F)(F)C(F)(F)C(F)(F)C(F)(F)F. The molecule has 0 saturated heterocycles. The monoisotopic (exact) mass is 388 g/mol. The third-order valence-corrected chi connectivity index (χ3v) is 4.39. The van der Waals surface area contributed by atoms with E-state index in [1.165, 1.54) is 0 Å². The van der Waals surface area contributed by atoms with Crippen molar-refractivity contribution >= 4 is 19.4 Å². The lowest BCUT2D eigenvalue weighted by Crippen LogP contribution is -2.60. The number of halogens is 9. The Morgan fingerprint density at radius 3 is 1.64 bits per heavy atom. The number of hydrogen-bond donors (Lipinski definition) is 2. The summed E-state index contributed by atoms with van der Waals surface area (Å²) in [6.45, 7) is 0. The number of rotatable bonds is 8. The van der Waals surface area contributed by atoms with Gasteiger partial charge in [0.25, 0.3) is 0 Å². The van der Waals surface area contributed by atoms with Crippen LogP contribution < -0.4 is 0 Å². The average molecular weight is 388 g/mol. The van der Waals surface area contributed by atoms with Crippen molar-refractivity contribution in [1.29, 1.82) is 0 Å². The van der Waals surface area contributed by atoms with E-state index < -0.39 is 55.6 Å². The van der Waals surface area contributed by atoms with Crippen molar-refractivity contribution < 1.29 is 53.9 Å². The zero-order valence-corrected chi connectivity index (χ0v) is 12.1. The van der Waals surface area contributed by atoms with Gasteiger partial charge < -0.3 is 9.79 Å². The van der Waals surface area contributed by atoms with Gasteiger partial charge in [-0.3, -0.25) is 4.57 Å². The third-order valence-electron chi connectivity index (χ3n) is 2.30. The first kappa shape index (κ1) is 21.9. The highest BCUT2D eigenvalue weighted by atomic mass is 32.2. The van der Waals surface area contributed by atoms with E-state index in [1.54, 1.807) is 0 Å². The van der Waals surface area contributed by atoms with Crippen LogP contribution in [0.15, 0.2) is 0 Å². The van der Waals surface area contributed by atoms with Crippen LogP contribution in [0.1, 0.15) is 6.42 Å². The van der Waals surface area contributed by atoms with Crippen molar-refractivity contribution in [3.05, 3.63) is 0 Å². The zero-order chi connectivity index (χ0) is 18.0. The fourth-order valence-corrected chi connectivity index (χ4v) is 3.12. The smallest absolute Gasteiger partial charge is 0.324 e. The molecule has 0 aromatic heterocycles. The summed E-state index contributed by atoms with van der Waals surface area (Å²) in [5, 5.41) is 0.